The minimum atomic E-state index is -1.75. The van der Waals surface area contributed by atoms with Crippen LogP contribution in [0.15, 0.2) is 66.3 Å². The van der Waals surface area contributed by atoms with Gasteiger partial charge < -0.3 is 13.9 Å². The lowest BCUT2D eigenvalue weighted by atomic mass is 10.1. The van der Waals surface area contributed by atoms with Gasteiger partial charge in [-0.2, -0.15) is 0 Å². The largest absolute Gasteiger partial charge is 0.466 e. The van der Waals surface area contributed by atoms with E-state index < -0.39 is 26.4 Å². The number of hydrogen-bond donors (Lipinski definition) is 0. The van der Waals surface area contributed by atoms with E-state index in [1.165, 1.54) is 13.2 Å². The summed E-state index contributed by atoms with van der Waals surface area (Å²) in [5.41, 5.74) is 1.59. The molecule has 0 radical (unpaired) electrons. The minimum Gasteiger partial charge on any atom is -0.466 e. The Hall–Kier alpha value is -2.44. The Morgan fingerprint density at radius 3 is 2.34 bits per heavy atom. The number of carbonyl (C=O) groups excluding carboxylic acids is 2. The van der Waals surface area contributed by atoms with Crippen LogP contribution in [0, 0.1) is 0 Å². The van der Waals surface area contributed by atoms with Crippen LogP contribution in [0.4, 0.5) is 0 Å². The highest BCUT2D eigenvalue weighted by Gasteiger charge is 2.36. The molecular weight excluding hydrogens is 420 g/mol. The first-order valence-corrected chi connectivity index (χ1v) is 13.9. The zero-order chi connectivity index (χ0) is 24.2. The van der Waals surface area contributed by atoms with Gasteiger partial charge in [0.1, 0.15) is 6.10 Å². The zero-order valence-corrected chi connectivity index (χ0v) is 21.5. The van der Waals surface area contributed by atoms with Gasteiger partial charge in [0.2, 0.25) is 0 Å². The molecule has 0 N–H and O–H groups in total. The molecule has 0 spiro atoms. The van der Waals surface area contributed by atoms with Crippen LogP contribution in [0.5, 0.6) is 0 Å². The maximum atomic E-state index is 12.4. The number of ether oxygens (including phenoxy) is 2. The number of hydrogen-bond acceptors (Lipinski definition) is 5. The number of rotatable bonds is 11. The Balaban J connectivity index is 2.64. The molecule has 0 bridgehead atoms. The summed E-state index contributed by atoms with van der Waals surface area (Å²) in [4.78, 5) is 23.8. The lowest BCUT2D eigenvalue weighted by Crippen LogP contribution is -2.40. The highest BCUT2D eigenvalue weighted by atomic mass is 28.4. The number of benzene rings is 1. The van der Waals surface area contributed by atoms with Crippen LogP contribution in [0.2, 0.25) is 18.1 Å². The molecule has 0 saturated heterocycles. The third-order valence-electron chi connectivity index (χ3n) is 5.57. The van der Waals surface area contributed by atoms with E-state index in [1.54, 1.807) is 30.3 Å². The molecule has 0 unspecified atom stereocenters. The van der Waals surface area contributed by atoms with Gasteiger partial charge in [-0.15, -0.1) is 0 Å². The third kappa shape index (κ3) is 10.2. The van der Waals surface area contributed by atoms with Crippen LogP contribution in [-0.2, 0) is 18.7 Å². The Morgan fingerprint density at radius 2 is 1.75 bits per heavy atom. The molecule has 5 nitrogen and oxygen atoms in total. The van der Waals surface area contributed by atoms with E-state index >= 15 is 0 Å². The Bertz CT molecular complexity index is 816. The van der Waals surface area contributed by atoms with E-state index in [2.05, 4.69) is 44.7 Å². The molecule has 0 aromatic heterocycles. The number of allylic oxidation sites excluding steroid dienone is 3. The van der Waals surface area contributed by atoms with Gasteiger partial charge in [0.05, 0.1) is 19.3 Å². The van der Waals surface area contributed by atoms with Gasteiger partial charge in [0, 0.05) is 6.08 Å². The maximum absolute atomic E-state index is 12.4. The average molecular weight is 459 g/mol. The fourth-order valence-corrected chi connectivity index (χ4v) is 3.36. The van der Waals surface area contributed by atoms with Crippen molar-refractivity contribution in [1.29, 1.82) is 0 Å². The van der Waals surface area contributed by atoms with Crippen molar-refractivity contribution in [1.82, 2.24) is 0 Å². The molecule has 1 atom stereocenters. The summed E-state index contributed by atoms with van der Waals surface area (Å²) in [5, 5.41) is 0.189. The minimum absolute atomic E-state index is 0.189. The molecule has 1 aromatic carbocycles. The number of methoxy groups -OCH3 is 1. The summed E-state index contributed by atoms with van der Waals surface area (Å²) in [5.74, 6) is -0.908. The van der Waals surface area contributed by atoms with Crippen molar-refractivity contribution in [2.75, 3.05) is 13.7 Å². The maximum Gasteiger partial charge on any atom is 0.338 e. The molecule has 32 heavy (non-hydrogen) atoms. The SMILES string of the molecule is COC(=O)/C=C/[C@@H](CC/C=C/C(C)=C/CO[Si](C)(C)C(C)(C)C)OC(=O)c1ccccc1. The lowest BCUT2D eigenvalue weighted by Gasteiger charge is -2.35. The van der Waals surface area contributed by atoms with E-state index in [0.717, 1.165) is 5.57 Å². The van der Waals surface area contributed by atoms with Crippen LogP contribution < -0.4 is 0 Å². The first-order valence-electron chi connectivity index (χ1n) is 11.0. The van der Waals surface area contributed by atoms with Crippen LogP contribution in [-0.4, -0.2) is 40.1 Å². The first kappa shape index (κ1) is 27.6. The van der Waals surface area contributed by atoms with Gasteiger partial charge in [-0.25, -0.2) is 9.59 Å². The molecule has 0 heterocycles. The van der Waals surface area contributed by atoms with Crippen LogP contribution >= 0.6 is 0 Å². The Labute approximate surface area is 194 Å². The van der Waals surface area contributed by atoms with Gasteiger partial charge in [0.25, 0.3) is 0 Å². The summed E-state index contributed by atoms with van der Waals surface area (Å²) in [6.45, 7) is 13.8. The third-order valence-corrected chi connectivity index (χ3v) is 10.1. The summed E-state index contributed by atoms with van der Waals surface area (Å²) < 4.78 is 16.4. The van der Waals surface area contributed by atoms with E-state index in [1.807, 2.05) is 25.1 Å². The molecule has 1 rings (SSSR count). The molecule has 0 aliphatic carbocycles. The first-order chi connectivity index (χ1) is 15.0. The van der Waals surface area contributed by atoms with Gasteiger partial charge in [-0.05, 0) is 56.1 Å². The predicted molar refractivity (Wildman–Crippen MR) is 132 cm³/mol. The standard InChI is InChI=1S/C26H38O5Si/c1-21(19-20-30-32(6,7)26(2,3)4)13-11-12-16-23(17-18-24(27)29-5)31-25(28)22-14-9-8-10-15-22/h8-11,13-15,17-19,23H,12,16,20H2,1-7H3/b13-11+,18-17+,21-19+/t23-/m1/s1. The van der Waals surface area contributed by atoms with Gasteiger partial charge in [0.15, 0.2) is 8.32 Å². The quantitative estimate of drug-likeness (QED) is 0.170. The second-order valence-corrected chi connectivity index (χ2v) is 14.0. The van der Waals surface area contributed by atoms with Gasteiger partial charge >= 0.3 is 11.9 Å². The molecule has 0 amide bonds. The van der Waals surface area contributed by atoms with Gasteiger partial charge in [-0.1, -0.05) is 62.8 Å². The summed E-state index contributed by atoms with van der Waals surface area (Å²) in [6, 6.07) is 8.79. The van der Waals surface area contributed by atoms with Crippen LogP contribution in [0.1, 0.15) is 50.9 Å². The van der Waals surface area contributed by atoms with Crippen molar-refractivity contribution in [3.05, 3.63) is 71.8 Å². The summed E-state index contributed by atoms with van der Waals surface area (Å²) in [6.07, 6.45) is 9.72. The predicted octanol–water partition coefficient (Wildman–Crippen LogP) is 6.25. The molecule has 6 heteroatoms. The number of esters is 2. The molecule has 1 aromatic rings. The molecule has 0 aliphatic heterocycles. The molecule has 0 aliphatic rings. The monoisotopic (exact) mass is 458 g/mol. The van der Waals surface area contributed by atoms with Crippen molar-refractivity contribution in [2.45, 2.75) is 64.8 Å². The van der Waals surface area contributed by atoms with Crippen molar-refractivity contribution in [3.8, 4) is 0 Å². The normalized spacial score (nSPS) is 14.0. The topological polar surface area (TPSA) is 61.8 Å². The summed E-state index contributed by atoms with van der Waals surface area (Å²) in [7, 11) is -0.443. The zero-order valence-electron chi connectivity index (χ0n) is 20.5. The molecular formula is C26H38O5Si. The van der Waals surface area contributed by atoms with E-state index in [-0.39, 0.29) is 5.04 Å². The van der Waals surface area contributed by atoms with Crippen LogP contribution in [0.25, 0.3) is 0 Å². The van der Waals surface area contributed by atoms with Crippen molar-refractivity contribution in [2.24, 2.45) is 0 Å². The molecule has 0 fully saturated rings. The van der Waals surface area contributed by atoms with Crippen molar-refractivity contribution in [3.63, 3.8) is 0 Å². The van der Waals surface area contributed by atoms with Gasteiger partial charge in [-0.3, -0.25) is 0 Å². The number of carbonyl (C=O) groups is 2. The van der Waals surface area contributed by atoms with Crippen LogP contribution in [0.3, 0.4) is 0 Å². The van der Waals surface area contributed by atoms with Crippen molar-refractivity contribution < 1.29 is 23.5 Å². The Kier molecular flexibility index (Phi) is 11.4. The molecule has 0 saturated carbocycles. The second kappa shape index (κ2) is 13.2. The highest BCUT2D eigenvalue weighted by molar-refractivity contribution is 6.74. The second-order valence-electron chi connectivity index (χ2n) is 9.19. The van der Waals surface area contributed by atoms with E-state index in [0.29, 0.717) is 25.0 Å². The Morgan fingerprint density at radius 1 is 1.09 bits per heavy atom. The smallest absolute Gasteiger partial charge is 0.338 e. The highest BCUT2D eigenvalue weighted by Crippen LogP contribution is 2.36. The fourth-order valence-electron chi connectivity index (χ4n) is 2.42. The van der Waals surface area contributed by atoms with Crippen molar-refractivity contribution >= 4 is 20.3 Å². The fraction of sp³-hybridized carbons (Fsp3) is 0.462. The summed E-state index contributed by atoms with van der Waals surface area (Å²) >= 11 is 0. The average Bonchev–Trinajstić information content (AvgIpc) is 2.74. The lowest BCUT2D eigenvalue weighted by molar-refractivity contribution is -0.134. The van der Waals surface area contributed by atoms with E-state index in [4.69, 9.17) is 9.16 Å². The van der Waals surface area contributed by atoms with E-state index in [9.17, 15) is 9.59 Å². The molecule has 176 valence electrons.